The summed E-state index contributed by atoms with van der Waals surface area (Å²) in [6, 6.07) is 11.4. The Labute approximate surface area is 182 Å². The number of carbonyl (C=O) groups is 3. The standard InChI is InChI=1S/C21H19ClFN3O3S/c22-14-11-13(5-6-15(14)23)24-19(27)12-7-9-26(10-8-12)21(29)18-20(28)25-16-3-1-2-4-17(16)30-18/h1-6,11-12,18H,7-10H2,(H,24,27)(H,25,28)/t18-/m0/s1. The molecule has 6 nitrogen and oxygen atoms in total. The second-order valence-corrected chi connectivity index (χ2v) is 8.76. The number of piperidine rings is 1. The van der Waals surface area contributed by atoms with Crippen LogP contribution >= 0.6 is 23.4 Å². The van der Waals surface area contributed by atoms with Crippen molar-refractivity contribution in [1.82, 2.24) is 4.90 Å². The fourth-order valence-electron chi connectivity index (χ4n) is 3.56. The van der Waals surface area contributed by atoms with E-state index in [1.165, 1.54) is 30.0 Å². The van der Waals surface area contributed by atoms with E-state index in [2.05, 4.69) is 10.6 Å². The molecule has 0 unspecified atom stereocenters. The van der Waals surface area contributed by atoms with E-state index in [-0.39, 0.29) is 28.7 Å². The van der Waals surface area contributed by atoms with Crippen molar-refractivity contribution in [3.63, 3.8) is 0 Å². The lowest BCUT2D eigenvalue weighted by Crippen LogP contribution is -2.48. The van der Waals surface area contributed by atoms with E-state index >= 15 is 0 Å². The van der Waals surface area contributed by atoms with E-state index in [0.717, 1.165) is 4.90 Å². The van der Waals surface area contributed by atoms with E-state index in [4.69, 9.17) is 11.6 Å². The van der Waals surface area contributed by atoms with Crippen LogP contribution in [0.5, 0.6) is 0 Å². The number of nitrogens with one attached hydrogen (secondary N) is 2. The minimum atomic E-state index is -0.827. The molecule has 3 amide bonds. The minimum absolute atomic E-state index is 0.0574. The van der Waals surface area contributed by atoms with Crippen molar-refractivity contribution in [3.8, 4) is 0 Å². The average molecular weight is 448 g/mol. The van der Waals surface area contributed by atoms with Gasteiger partial charge in [-0.3, -0.25) is 14.4 Å². The highest BCUT2D eigenvalue weighted by atomic mass is 35.5. The molecule has 4 rings (SSSR count). The molecule has 156 valence electrons. The van der Waals surface area contributed by atoms with Crippen LogP contribution < -0.4 is 10.6 Å². The first-order valence-corrected chi connectivity index (χ1v) is 10.8. The van der Waals surface area contributed by atoms with Gasteiger partial charge in [0.1, 0.15) is 5.82 Å². The lowest BCUT2D eigenvalue weighted by molar-refractivity contribution is -0.136. The summed E-state index contributed by atoms with van der Waals surface area (Å²) in [5.41, 5.74) is 1.15. The topological polar surface area (TPSA) is 78.5 Å². The first-order valence-electron chi connectivity index (χ1n) is 9.53. The van der Waals surface area contributed by atoms with Crippen molar-refractivity contribution in [3.05, 3.63) is 53.3 Å². The van der Waals surface area contributed by atoms with Gasteiger partial charge in [0.05, 0.1) is 10.7 Å². The third-order valence-corrected chi connectivity index (χ3v) is 6.77. The van der Waals surface area contributed by atoms with E-state index in [0.29, 0.717) is 37.3 Å². The molecule has 30 heavy (non-hydrogen) atoms. The molecule has 0 aliphatic carbocycles. The van der Waals surface area contributed by atoms with Crippen LogP contribution in [-0.2, 0) is 14.4 Å². The molecule has 1 atom stereocenters. The fraction of sp³-hybridized carbons (Fsp3) is 0.286. The molecule has 1 fully saturated rings. The van der Waals surface area contributed by atoms with Crippen LogP contribution in [0, 0.1) is 11.7 Å². The Kier molecular flexibility index (Phi) is 5.97. The average Bonchev–Trinajstić information content (AvgIpc) is 2.75. The summed E-state index contributed by atoms with van der Waals surface area (Å²) >= 11 is 7.00. The maximum Gasteiger partial charge on any atom is 0.247 e. The second kappa shape index (κ2) is 8.65. The molecular formula is C21H19ClFN3O3S. The van der Waals surface area contributed by atoms with Crippen LogP contribution in [0.3, 0.4) is 0 Å². The third kappa shape index (κ3) is 4.29. The number of hydrogen-bond donors (Lipinski definition) is 2. The number of rotatable bonds is 3. The minimum Gasteiger partial charge on any atom is -0.341 e. The van der Waals surface area contributed by atoms with Crippen LogP contribution in [0.1, 0.15) is 12.8 Å². The highest BCUT2D eigenvalue weighted by Gasteiger charge is 2.37. The second-order valence-electron chi connectivity index (χ2n) is 7.20. The maximum atomic E-state index is 13.3. The van der Waals surface area contributed by atoms with Crippen LogP contribution in [0.2, 0.25) is 5.02 Å². The van der Waals surface area contributed by atoms with Crippen molar-refractivity contribution in [1.29, 1.82) is 0 Å². The highest BCUT2D eigenvalue weighted by molar-refractivity contribution is 8.01. The molecule has 2 aromatic rings. The van der Waals surface area contributed by atoms with E-state index in [9.17, 15) is 18.8 Å². The van der Waals surface area contributed by atoms with Gasteiger partial charge in [-0.25, -0.2) is 4.39 Å². The predicted octanol–water partition coefficient (Wildman–Crippen LogP) is 3.77. The SMILES string of the molecule is O=C(Nc1ccc(F)c(Cl)c1)C1CCN(C(=O)[C@H]2Sc3ccccc3NC2=O)CC1. The summed E-state index contributed by atoms with van der Waals surface area (Å²) in [6.45, 7) is 0.792. The predicted molar refractivity (Wildman–Crippen MR) is 114 cm³/mol. The Bertz CT molecular complexity index is 1010. The molecule has 0 saturated carbocycles. The monoisotopic (exact) mass is 447 g/mol. The smallest absolute Gasteiger partial charge is 0.247 e. The number of hydrogen-bond acceptors (Lipinski definition) is 4. The van der Waals surface area contributed by atoms with Gasteiger partial charge < -0.3 is 15.5 Å². The molecule has 2 aliphatic rings. The summed E-state index contributed by atoms with van der Waals surface area (Å²) in [6.07, 6.45) is 0.976. The number of thioether (sulfide) groups is 1. The van der Waals surface area contributed by atoms with E-state index in [1.54, 1.807) is 11.0 Å². The van der Waals surface area contributed by atoms with Gasteiger partial charge in [0.15, 0.2) is 5.25 Å². The summed E-state index contributed by atoms with van der Waals surface area (Å²) in [4.78, 5) is 40.3. The normalized spacial score (nSPS) is 19.1. The summed E-state index contributed by atoms with van der Waals surface area (Å²) in [5.74, 6) is -1.57. The molecule has 0 bridgehead atoms. The number of halogens is 2. The Hall–Kier alpha value is -2.58. The van der Waals surface area contributed by atoms with Gasteiger partial charge in [-0.05, 0) is 43.2 Å². The van der Waals surface area contributed by atoms with Crippen molar-refractivity contribution in [2.45, 2.75) is 23.0 Å². The molecule has 2 heterocycles. The van der Waals surface area contributed by atoms with Crippen molar-refractivity contribution >= 4 is 52.5 Å². The fourth-order valence-corrected chi connectivity index (χ4v) is 4.81. The van der Waals surface area contributed by atoms with Crippen molar-refractivity contribution in [2.24, 2.45) is 5.92 Å². The van der Waals surface area contributed by atoms with Crippen LogP contribution in [0.4, 0.5) is 15.8 Å². The molecule has 0 radical (unpaired) electrons. The number of nitrogens with zero attached hydrogens (tertiary/aromatic N) is 1. The number of fused-ring (bicyclic) bond motifs is 1. The lowest BCUT2D eigenvalue weighted by Gasteiger charge is -2.34. The van der Waals surface area contributed by atoms with Crippen LogP contribution in [0.25, 0.3) is 0 Å². The molecule has 2 aliphatic heterocycles. The number of benzene rings is 2. The van der Waals surface area contributed by atoms with Crippen molar-refractivity contribution in [2.75, 3.05) is 23.7 Å². The largest absolute Gasteiger partial charge is 0.341 e. The Balaban J connectivity index is 1.34. The molecule has 1 saturated heterocycles. The van der Waals surface area contributed by atoms with E-state index < -0.39 is 11.1 Å². The van der Waals surface area contributed by atoms with E-state index in [1.807, 2.05) is 18.2 Å². The number of para-hydroxylation sites is 1. The van der Waals surface area contributed by atoms with Gasteiger partial charge in [0.2, 0.25) is 17.7 Å². The Morgan fingerprint density at radius 2 is 1.90 bits per heavy atom. The van der Waals surface area contributed by atoms with Gasteiger partial charge in [-0.2, -0.15) is 0 Å². The van der Waals surface area contributed by atoms with Gasteiger partial charge in [-0.1, -0.05) is 23.7 Å². The van der Waals surface area contributed by atoms with Gasteiger partial charge in [0.25, 0.3) is 0 Å². The van der Waals surface area contributed by atoms with Gasteiger partial charge in [0, 0.05) is 29.6 Å². The highest BCUT2D eigenvalue weighted by Crippen LogP contribution is 2.36. The number of amides is 3. The summed E-state index contributed by atoms with van der Waals surface area (Å²) < 4.78 is 13.3. The summed E-state index contributed by atoms with van der Waals surface area (Å²) in [5, 5.41) is 4.64. The number of anilines is 2. The quantitative estimate of drug-likeness (QED) is 0.702. The number of carbonyl (C=O) groups excluding carboxylic acids is 3. The molecule has 2 N–H and O–H groups in total. The number of likely N-dealkylation sites (tertiary alicyclic amines) is 1. The maximum absolute atomic E-state index is 13.3. The molecule has 2 aromatic carbocycles. The Morgan fingerprint density at radius 3 is 2.63 bits per heavy atom. The Morgan fingerprint density at radius 1 is 1.17 bits per heavy atom. The first kappa shape index (κ1) is 20.7. The molecule has 0 spiro atoms. The zero-order chi connectivity index (χ0) is 21.3. The lowest BCUT2D eigenvalue weighted by atomic mass is 9.95. The molecular weight excluding hydrogens is 429 g/mol. The zero-order valence-electron chi connectivity index (χ0n) is 15.9. The summed E-state index contributed by atoms with van der Waals surface area (Å²) in [7, 11) is 0. The molecule has 0 aromatic heterocycles. The first-order chi connectivity index (χ1) is 14.4. The van der Waals surface area contributed by atoms with Crippen LogP contribution in [0.15, 0.2) is 47.4 Å². The van der Waals surface area contributed by atoms with Crippen LogP contribution in [-0.4, -0.2) is 41.0 Å². The third-order valence-electron chi connectivity index (χ3n) is 5.22. The van der Waals surface area contributed by atoms with Gasteiger partial charge >= 0.3 is 0 Å². The van der Waals surface area contributed by atoms with Gasteiger partial charge in [-0.15, -0.1) is 11.8 Å². The van der Waals surface area contributed by atoms with Crippen molar-refractivity contribution < 1.29 is 18.8 Å². The molecule has 9 heteroatoms. The zero-order valence-corrected chi connectivity index (χ0v) is 17.4.